The summed E-state index contributed by atoms with van der Waals surface area (Å²) in [5.74, 6) is -0.0403. The molecule has 3 rings (SSSR count). The summed E-state index contributed by atoms with van der Waals surface area (Å²) in [4.78, 5) is 14.1. The second kappa shape index (κ2) is 4.85. The summed E-state index contributed by atoms with van der Waals surface area (Å²) in [7, 11) is 4.01. The molecule has 0 aromatic heterocycles. The van der Waals surface area contributed by atoms with Crippen LogP contribution in [0.2, 0.25) is 0 Å². The molecule has 2 aromatic carbocycles. The van der Waals surface area contributed by atoms with Crippen LogP contribution in [0, 0.1) is 0 Å². The molecule has 0 saturated carbocycles. The van der Waals surface area contributed by atoms with Gasteiger partial charge in [0.2, 0.25) is 0 Å². The van der Waals surface area contributed by atoms with Crippen LogP contribution >= 0.6 is 0 Å². The number of carbonyl (C=O) groups excluding carboxylic acids is 1. The lowest BCUT2D eigenvalue weighted by atomic mass is 10.0. The number of fused-ring (bicyclic) bond motifs is 1. The first-order valence-electron chi connectivity index (χ1n) is 6.55. The number of hydrogen-bond donors (Lipinski definition) is 1. The molecular weight excluding hydrogens is 248 g/mol. The number of nitrogens with zero attached hydrogens (tertiary/aromatic N) is 1. The molecule has 0 radical (unpaired) electrons. The maximum absolute atomic E-state index is 12.1. The van der Waals surface area contributed by atoms with Crippen LogP contribution in [0.5, 0.6) is 0 Å². The number of nitrogens with one attached hydrogen (secondary N) is 1. The Morgan fingerprint density at radius 3 is 2.65 bits per heavy atom. The zero-order chi connectivity index (χ0) is 14.1. The minimum absolute atomic E-state index is 0.0403. The molecule has 1 heterocycles. The van der Waals surface area contributed by atoms with E-state index >= 15 is 0 Å². The Balaban J connectivity index is 2.04. The van der Waals surface area contributed by atoms with Crippen molar-refractivity contribution in [2.75, 3.05) is 24.3 Å². The van der Waals surface area contributed by atoms with E-state index in [2.05, 4.69) is 11.4 Å². The van der Waals surface area contributed by atoms with Gasteiger partial charge in [0.05, 0.1) is 0 Å². The number of hydrogen-bond acceptors (Lipinski definition) is 2. The third kappa shape index (κ3) is 2.18. The smallest absolute Gasteiger partial charge is 0.256 e. The Bertz CT molecular complexity index is 702. The molecule has 1 aliphatic heterocycles. The van der Waals surface area contributed by atoms with E-state index in [0.29, 0.717) is 0 Å². The maximum Gasteiger partial charge on any atom is 0.256 e. The number of para-hydroxylation sites is 1. The van der Waals surface area contributed by atoms with Crippen molar-refractivity contribution in [3.8, 4) is 0 Å². The third-order valence-corrected chi connectivity index (χ3v) is 3.41. The highest BCUT2D eigenvalue weighted by Crippen LogP contribution is 2.32. The molecule has 1 N–H and O–H groups in total. The van der Waals surface area contributed by atoms with Gasteiger partial charge in [0, 0.05) is 36.6 Å². The van der Waals surface area contributed by atoms with E-state index < -0.39 is 0 Å². The van der Waals surface area contributed by atoms with E-state index in [1.165, 1.54) is 0 Å². The van der Waals surface area contributed by atoms with Gasteiger partial charge in [0.25, 0.3) is 5.91 Å². The topological polar surface area (TPSA) is 32.3 Å². The summed E-state index contributed by atoms with van der Waals surface area (Å²) in [6.45, 7) is 0. The van der Waals surface area contributed by atoms with Gasteiger partial charge in [-0.15, -0.1) is 0 Å². The Morgan fingerprint density at radius 2 is 1.85 bits per heavy atom. The molecule has 0 bridgehead atoms. The van der Waals surface area contributed by atoms with Crippen LogP contribution in [-0.2, 0) is 4.79 Å². The SMILES string of the molecule is CN(C)c1cccc(/C=C2/C(=O)Nc3ccccc32)c1. The lowest BCUT2D eigenvalue weighted by Crippen LogP contribution is -2.08. The van der Waals surface area contributed by atoms with Crippen molar-refractivity contribution in [3.05, 3.63) is 59.7 Å². The van der Waals surface area contributed by atoms with Crippen molar-refractivity contribution in [3.63, 3.8) is 0 Å². The minimum atomic E-state index is -0.0403. The lowest BCUT2D eigenvalue weighted by molar-refractivity contribution is -0.110. The number of anilines is 2. The molecule has 0 atom stereocenters. The van der Waals surface area contributed by atoms with Gasteiger partial charge in [-0.3, -0.25) is 4.79 Å². The molecule has 2 aromatic rings. The maximum atomic E-state index is 12.1. The zero-order valence-corrected chi connectivity index (χ0v) is 11.6. The second-order valence-corrected chi connectivity index (χ2v) is 5.05. The van der Waals surface area contributed by atoms with Crippen molar-refractivity contribution in [1.29, 1.82) is 0 Å². The monoisotopic (exact) mass is 264 g/mol. The highest BCUT2D eigenvalue weighted by molar-refractivity contribution is 6.34. The fourth-order valence-electron chi connectivity index (χ4n) is 2.34. The highest BCUT2D eigenvalue weighted by atomic mass is 16.2. The Kier molecular flexibility index (Phi) is 3.03. The lowest BCUT2D eigenvalue weighted by Gasteiger charge is -2.12. The average molecular weight is 264 g/mol. The molecular formula is C17H16N2O. The van der Waals surface area contributed by atoms with Gasteiger partial charge in [-0.1, -0.05) is 30.3 Å². The summed E-state index contributed by atoms with van der Waals surface area (Å²) in [6.07, 6.45) is 1.94. The highest BCUT2D eigenvalue weighted by Gasteiger charge is 2.23. The predicted octanol–water partition coefficient (Wildman–Crippen LogP) is 3.25. The summed E-state index contributed by atoms with van der Waals surface area (Å²) < 4.78 is 0. The van der Waals surface area contributed by atoms with Crippen LogP contribution in [-0.4, -0.2) is 20.0 Å². The molecule has 20 heavy (non-hydrogen) atoms. The fraction of sp³-hybridized carbons (Fsp3) is 0.118. The summed E-state index contributed by atoms with van der Waals surface area (Å²) in [5, 5.41) is 2.89. The van der Waals surface area contributed by atoms with Gasteiger partial charge in [-0.25, -0.2) is 0 Å². The van der Waals surface area contributed by atoms with Gasteiger partial charge in [0.1, 0.15) is 0 Å². The fourth-order valence-corrected chi connectivity index (χ4v) is 2.34. The Labute approximate surface area is 118 Å². The Hall–Kier alpha value is -2.55. The molecule has 3 heteroatoms. The average Bonchev–Trinajstić information content (AvgIpc) is 2.76. The van der Waals surface area contributed by atoms with E-state index in [9.17, 15) is 4.79 Å². The van der Waals surface area contributed by atoms with Crippen LogP contribution < -0.4 is 10.2 Å². The van der Waals surface area contributed by atoms with E-state index in [4.69, 9.17) is 0 Å². The van der Waals surface area contributed by atoms with Crippen molar-refractivity contribution in [2.45, 2.75) is 0 Å². The van der Waals surface area contributed by atoms with Crippen LogP contribution in [0.4, 0.5) is 11.4 Å². The first kappa shape index (κ1) is 12.5. The molecule has 0 aliphatic carbocycles. The molecule has 0 fully saturated rings. The van der Waals surface area contributed by atoms with Crippen LogP contribution in [0.1, 0.15) is 11.1 Å². The number of rotatable bonds is 2. The van der Waals surface area contributed by atoms with Gasteiger partial charge < -0.3 is 10.2 Å². The molecule has 100 valence electrons. The first-order valence-corrected chi connectivity index (χ1v) is 6.55. The van der Waals surface area contributed by atoms with E-state index in [1.807, 2.05) is 67.5 Å². The predicted molar refractivity (Wildman–Crippen MR) is 83.7 cm³/mol. The standard InChI is InChI=1S/C17H16N2O/c1-19(2)13-7-5-6-12(10-13)11-15-14-8-3-4-9-16(14)18-17(15)20/h3-11H,1-2H3,(H,18,20)/b15-11+. The largest absolute Gasteiger partial charge is 0.378 e. The van der Waals surface area contributed by atoms with Gasteiger partial charge >= 0.3 is 0 Å². The summed E-state index contributed by atoms with van der Waals surface area (Å²) in [5.41, 5.74) is 4.71. The van der Waals surface area contributed by atoms with E-state index in [1.54, 1.807) is 0 Å². The van der Waals surface area contributed by atoms with Gasteiger partial charge in [0.15, 0.2) is 0 Å². The molecule has 3 nitrogen and oxygen atoms in total. The zero-order valence-electron chi connectivity index (χ0n) is 11.6. The van der Waals surface area contributed by atoms with Crippen LogP contribution in [0.3, 0.4) is 0 Å². The van der Waals surface area contributed by atoms with Crippen molar-refractivity contribution < 1.29 is 4.79 Å². The van der Waals surface area contributed by atoms with E-state index in [-0.39, 0.29) is 5.91 Å². The molecule has 1 amide bonds. The molecule has 1 aliphatic rings. The van der Waals surface area contributed by atoms with Crippen molar-refractivity contribution in [2.24, 2.45) is 0 Å². The quantitative estimate of drug-likeness (QED) is 0.844. The summed E-state index contributed by atoms with van der Waals surface area (Å²) >= 11 is 0. The van der Waals surface area contributed by atoms with Crippen molar-refractivity contribution in [1.82, 2.24) is 0 Å². The summed E-state index contributed by atoms with van der Waals surface area (Å²) in [6, 6.07) is 15.9. The number of benzene rings is 2. The number of carbonyl (C=O) groups is 1. The van der Waals surface area contributed by atoms with E-state index in [0.717, 1.165) is 28.1 Å². The number of amides is 1. The van der Waals surface area contributed by atoms with Crippen LogP contribution in [0.15, 0.2) is 48.5 Å². The molecule has 0 spiro atoms. The minimum Gasteiger partial charge on any atom is -0.378 e. The van der Waals surface area contributed by atoms with Gasteiger partial charge in [-0.05, 0) is 29.8 Å². The molecule has 0 saturated heterocycles. The van der Waals surface area contributed by atoms with Gasteiger partial charge in [-0.2, -0.15) is 0 Å². The normalized spacial score (nSPS) is 15.1. The molecule has 0 unspecified atom stereocenters. The first-order chi connectivity index (χ1) is 9.65. The third-order valence-electron chi connectivity index (χ3n) is 3.41. The Morgan fingerprint density at radius 1 is 1.05 bits per heavy atom. The second-order valence-electron chi connectivity index (χ2n) is 5.05. The van der Waals surface area contributed by atoms with Crippen molar-refractivity contribution >= 4 is 28.9 Å². The van der Waals surface area contributed by atoms with Crippen LogP contribution in [0.25, 0.3) is 11.6 Å².